The number of nitrogens with zero attached hydrogens (tertiary/aromatic N) is 1. The van der Waals surface area contributed by atoms with Crippen molar-refractivity contribution in [3.8, 4) is 0 Å². The number of rotatable bonds is 0. The van der Waals surface area contributed by atoms with Crippen molar-refractivity contribution >= 4 is 32.3 Å². The highest BCUT2D eigenvalue weighted by atomic mass is 19.1. The van der Waals surface area contributed by atoms with Crippen LogP contribution in [0.2, 0.25) is 0 Å². The van der Waals surface area contributed by atoms with Gasteiger partial charge in [-0.05, 0) is 45.1 Å². The summed E-state index contributed by atoms with van der Waals surface area (Å²) in [4.78, 5) is 4.14. The molecule has 0 saturated carbocycles. The van der Waals surface area contributed by atoms with Crippen molar-refractivity contribution in [2.75, 3.05) is 0 Å². The summed E-state index contributed by atoms with van der Waals surface area (Å²) in [5, 5.41) is 6.64. The Morgan fingerprint density at radius 2 is 1.37 bits per heavy atom. The number of benzene rings is 3. The Labute approximate surface area is 109 Å². The molecule has 0 fully saturated rings. The number of hydrogen-bond donors (Lipinski definition) is 0. The molecule has 3 aromatic carbocycles. The second-order valence-electron chi connectivity index (χ2n) is 4.69. The zero-order valence-corrected chi connectivity index (χ0v) is 10.1. The molecular weight excluding hydrogens is 237 g/mol. The minimum Gasteiger partial charge on any atom is -0.264 e. The van der Waals surface area contributed by atoms with Crippen LogP contribution in [-0.4, -0.2) is 4.98 Å². The van der Waals surface area contributed by atoms with Gasteiger partial charge in [-0.1, -0.05) is 30.3 Å². The van der Waals surface area contributed by atoms with Crippen molar-refractivity contribution in [2.45, 2.75) is 0 Å². The van der Waals surface area contributed by atoms with Crippen LogP contribution in [0.25, 0.3) is 32.3 Å². The summed E-state index contributed by atoms with van der Waals surface area (Å²) in [6.07, 6.45) is 3.67. The number of halogens is 1. The van der Waals surface area contributed by atoms with Gasteiger partial charge in [-0.15, -0.1) is 0 Å². The minimum atomic E-state index is -0.197. The maximum Gasteiger partial charge on any atom is 0.123 e. The molecule has 19 heavy (non-hydrogen) atoms. The molecule has 0 amide bonds. The lowest BCUT2D eigenvalue weighted by molar-refractivity contribution is 0.630. The molecule has 0 N–H and O–H groups in total. The van der Waals surface area contributed by atoms with Crippen LogP contribution in [0.1, 0.15) is 0 Å². The van der Waals surface area contributed by atoms with Crippen molar-refractivity contribution in [3.63, 3.8) is 0 Å². The van der Waals surface area contributed by atoms with E-state index in [1.165, 1.54) is 16.8 Å². The number of aromatic nitrogens is 1. The Kier molecular flexibility index (Phi) is 2.06. The van der Waals surface area contributed by atoms with Gasteiger partial charge in [-0.25, -0.2) is 4.39 Å². The van der Waals surface area contributed by atoms with E-state index < -0.39 is 0 Å². The molecule has 4 rings (SSSR count). The Morgan fingerprint density at radius 3 is 2.21 bits per heavy atom. The van der Waals surface area contributed by atoms with Crippen LogP contribution < -0.4 is 0 Å². The van der Waals surface area contributed by atoms with Gasteiger partial charge in [-0.3, -0.25) is 4.98 Å². The number of pyridine rings is 1. The first-order chi connectivity index (χ1) is 9.33. The highest BCUT2D eigenvalue weighted by Gasteiger charge is 2.04. The van der Waals surface area contributed by atoms with Crippen molar-refractivity contribution in [2.24, 2.45) is 0 Å². The summed E-state index contributed by atoms with van der Waals surface area (Å²) in [6, 6.07) is 15.1. The molecule has 1 nitrogen and oxygen atoms in total. The van der Waals surface area contributed by atoms with Gasteiger partial charge >= 0.3 is 0 Å². The monoisotopic (exact) mass is 247 g/mol. The van der Waals surface area contributed by atoms with Crippen LogP contribution in [0, 0.1) is 5.82 Å². The first kappa shape index (κ1) is 10.4. The summed E-state index contributed by atoms with van der Waals surface area (Å²) in [5.41, 5.74) is 0. The summed E-state index contributed by atoms with van der Waals surface area (Å²) in [6.45, 7) is 0. The normalized spacial score (nSPS) is 11.4. The van der Waals surface area contributed by atoms with E-state index in [0.29, 0.717) is 0 Å². The third-order valence-corrected chi connectivity index (χ3v) is 3.60. The van der Waals surface area contributed by atoms with Gasteiger partial charge in [0, 0.05) is 17.8 Å². The number of fused-ring (bicyclic) bond motifs is 5. The zero-order valence-electron chi connectivity index (χ0n) is 10.1. The highest BCUT2D eigenvalue weighted by Crippen LogP contribution is 2.30. The van der Waals surface area contributed by atoms with Crippen molar-refractivity contribution in [1.82, 2.24) is 4.98 Å². The first-order valence-electron chi connectivity index (χ1n) is 6.18. The van der Waals surface area contributed by atoms with Gasteiger partial charge < -0.3 is 0 Å². The standard InChI is InChI=1S/C17H10FN/c18-13-3-6-14-11(9-13)1-4-17-15-7-8-19-10-12(15)2-5-16(14)17/h1-10H. The fourth-order valence-corrected chi connectivity index (χ4v) is 2.70. The van der Waals surface area contributed by atoms with E-state index in [9.17, 15) is 4.39 Å². The smallest absolute Gasteiger partial charge is 0.123 e. The third-order valence-electron chi connectivity index (χ3n) is 3.60. The van der Waals surface area contributed by atoms with Crippen molar-refractivity contribution < 1.29 is 4.39 Å². The molecule has 2 heteroatoms. The van der Waals surface area contributed by atoms with Crippen molar-refractivity contribution in [3.05, 3.63) is 66.7 Å². The van der Waals surface area contributed by atoms with E-state index in [-0.39, 0.29) is 5.82 Å². The molecule has 1 heterocycles. The lowest BCUT2D eigenvalue weighted by atomic mass is 9.98. The molecule has 0 aliphatic rings. The molecule has 0 unspecified atom stereocenters. The molecule has 0 aliphatic carbocycles. The summed E-state index contributed by atoms with van der Waals surface area (Å²) >= 11 is 0. The molecule has 0 saturated heterocycles. The van der Waals surface area contributed by atoms with E-state index in [2.05, 4.69) is 23.2 Å². The lowest BCUT2D eigenvalue weighted by Crippen LogP contribution is -1.82. The maximum atomic E-state index is 13.3. The first-order valence-corrected chi connectivity index (χ1v) is 6.18. The zero-order chi connectivity index (χ0) is 12.8. The quantitative estimate of drug-likeness (QED) is 0.411. The van der Waals surface area contributed by atoms with Crippen LogP contribution in [0.5, 0.6) is 0 Å². The highest BCUT2D eigenvalue weighted by molar-refractivity contribution is 6.16. The predicted molar refractivity (Wildman–Crippen MR) is 76.7 cm³/mol. The van der Waals surface area contributed by atoms with Gasteiger partial charge in [0.2, 0.25) is 0 Å². The van der Waals surface area contributed by atoms with Crippen LogP contribution >= 0.6 is 0 Å². The summed E-state index contributed by atoms with van der Waals surface area (Å²) in [5.74, 6) is -0.197. The molecule has 90 valence electrons. The van der Waals surface area contributed by atoms with Crippen LogP contribution in [0.3, 0.4) is 0 Å². The molecule has 0 atom stereocenters. The largest absolute Gasteiger partial charge is 0.264 e. The van der Waals surface area contributed by atoms with Gasteiger partial charge in [0.1, 0.15) is 5.82 Å². The van der Waals surface area contributed by atoms with E-state index in [4.69, 9.17) is 0 Å². The van der Waals surface area contributed by atoms with Gasteiger partial charge in [0.05, 0.1) is 0 Å². The second-order valence-corrected chi connectivity index (χ2v) is 4.69. The Morgan fingerprint density at radius 1 is 0.684 bits per heavy atom. The molecule has 0 spiro atoms. The summed E-state index contributed by atoms with van der Waals surface area (Å²) in [7, 11) is 0. The summed E-state index contributed by atoms with van der Waals surface area (Å²) < 4.78 is 13.3. The van der Waals surface area contributed by atoms with Crippen LogP contribution in [0.15, 0.2) is 60.9 Å². The lowest BCUT2D eigenvalue weighted by Gasteiger charge is -2.07. The van der Waals surface area contributed by atoms with Gasteiger partial charge in [0.25, 0.3) is 0 Å². The van der Waals surface area contributed by atoms with Gasteiger partial charge in [-0.2, -0.15) is 0 Å². The van der Waals surface area contributed by atoms with Crippen LogP contribution in [0.4, 0.5) is 4.39 Å². The fraction of sp³-hybridized carbons (Fsp3) is 0. The number of hydrogen-bond acceptors (Lipinski definition) is 1. The average Bonchev–Trinajstić information content (AvgIpc) is 2.46. The molecule has 4 aromatic rings. The molecule has 0 radical (unpaired) electrons. The minimum absolute atomic E-state index is 0.197. The molecule has 0 aliphatic heterocycles. The topological polar surface area (TPSA) is 12.9 Å². The van der Waals surface area contributed by atoms with Crippen molar-refractivity contribution in [1.29, 1.82) is 0 Å². The Bertz CT molecular complexity index is 928. The predicted octanol–water partition coefficient (Wildman–Crippen LogP) is 4.68. The van der Waals surface area contributed by atoms with E-state index >= 15 is 0 Å². The van der Waals surface area contributed by atoms with E-state index in [0.717, 1.165) is 21.5 Å². The molecular formula is C17H10FN. The SMILES string of the molecule is Fc1ccc2c(ccc3c4ccncc4ccc23)c1. The Balaban J connectivity index is 2.26. The average molecular weight is 247 g/mol. The van der Waals surface area contributed by atoms with E-state index in [1.54, 1.807) is 12.3 Å². The van der Waals surface area contributed by atoms with Gasteiger partial charge in [0.15, 0.2) is 0 Å². The van der Waals surface area contributed by atoms with Crippen LogP contribution in [-0.2, 0) is 0 Å². The third kappa shape index (κ3) is 1.50. The molecule has 1 aromatic heterocycles. The Hall–Kier alpha value is -2.48. The fourth-order valence-electron chi connectivity index (χ4n) is 2.70. The second kappa shape index (κ2) is 3.75. The van der Waals surface area contributed by atoms with E-state index in [1.807, 2.05) is 24.4 Å². The maximum absolute atomic E-state index is 13.3. The molecule has 0 bridgehead atoms.